The first-order valence-corrected chi connectivity index (χ1v) is 45.1. The highest BCUT2D eigenvalue weighted by Crippen LogP contribution is 2.65. The van der Waals surface area contributed by atoms with Crippen molar-refractivity contribution in [2.24, 2.45) is 0 Å². The molecule has 0 unspecified atom stereocenters. The number of benzene rings is 18. The molecular formula is C120H74N6S2. The number of hydrogen-bond acceptors (Lipinski definition) is 8. The molecule has 8 heteroatoms. The van der Waals surface area contributed by atoms with Crippen LogP contribution in [0.4, 0.5) is 0 Å². The van der Waals surface area contributed by atoms with Gasteiger partial charge in [-0.3, -0.25) is 0 Å². The Bertz CT molecular complexity index is 8170. The second kappa shape index (κ2) is 30.5. The van der Waals surface area contributed by atoms with Crippen LogP contribution in [0.2, 0.25) is 0 Å². The van der Waals surface area contributed by atoms with Crippen LogP contribution >= 0.6 is 23.5 Å². The van der Waals surface area contributed by atoms with Crippen molar-refractivity contribution in [1.29, 1.82) is 0 Å². The van der Waals surface area contributed by atoms with Gasteiger partial charge in [-0.15, -0.1) is 0 Å². The van der Waals surface area contributed by atoms with Crippen LogP contribution in [-0.4, -0.2) is 29.9 Å². The molecule has 26 rings (SSSR count). The Hall–Kier alpha value is -15.8. The van der Waals surface area contributed by atoms with Gasteiger partial charge in [0.2, 0.25) is 0 Å². The highest BCUT2D eigenvalue weighted by Gasteiger charge is 2.52. The van der Waals surface area contributed by atoms with E-state index in [2.05, 4.69) is 406 Å². The molecule has 128 heavy (non-hydrogen) atoms. The molecule has 2 aliphatic heterocycles. The fourth-order valence-electron chi connectivity index (χ4n) is 20.6. The number of nitrogens with zero attached hydrogens (tertiary/aromatic N) is 6. The molecule has 6 nitrogen and oxygen atoms in total. The van der Waals surface area contributed by atoms with Crippen LogP contribution in [0, 0.1) is 0 Å². The summed E-state index contributed by atoms with van der Waals surface area (Å²) in [6.07, 6.45) is 0. The lowest BCUT2D eigenvalue weighted by Crippen LogP contribution is -2.31. The number of aromatic nitrogens is 6. The van der Waals surface area contributed by atoms with Gasteiger partial charge in [-0.25, -0.2) is 29.9 Å². The molecule has 4 aromatic heterocycles. The van der Waals surface area contributed by atoms with Gasteiger partial charge in [0.25, 0.3) is 0 Å². The average molecular weight is 1660 g/mol. The Balaban J connectivity index is 0.000000139. The smallest absolute Gasteiger partial charge is 0.160 e. The molecule has 0 saturated heterocycles. The molecule has 0 radical (unpaired) electrons. The van der Waals surface area contributed by atoms with E-state index in [0.29, 0.717) is 11.6 Å². The first-order valence-electron chi connectivity index (χ1n) is 43.5. The molecule has 18 aromatic carbocycles. The highest BCUT2D eigenvalue weighted by molar-refractivity contribution is 7.99. The van der Waals surface area contributed by atoms with Crippen molar-refractivity contribution in [3.05, 3.63) is 493 Å². The monoisotopic (exact) mass is 1660 g/mol. The predicted molar refractivity (Wildman–Crippen MR) is 527 cm³/mol. The van der Waals surface area contributed by atoms with Crippen molar-refractivity contribution in [2.75, 3.05) is 0 Å². The number of para-hydroxylation sites is 2. The molecule has 0 N–H and O–H groups in total. The number of pyridine rings is 2. The van der Waals surface area contributed by atoms with E-state index in [9.17, 15) is 0 Å². The van der Waals surface area contributed by atoms with Gasteiger partial charge in [0, 0.05) is 85.6 Å². The van der Waals surface area contributed by atoms with Crippen LogP contribution < -0.4 is 0 Å². The van der Waals surface area contributed by atoms with Gasteiger partial charge in [-0.2, -0.15) is 0 Å². The van der Waals surface area contributed by atoms with Crippen LogP contribution in [0.15, 0.2) is 468 Å². The second-order valence-electron chi connectivity index (χ2n) is 33.3. The first kappa shape index (κ1) is 74.8. The van der Waals surface area contributed by atoms with Gasteiger partial charge in [0.05, 0.1) is 56.0 Å². The summed E-state index contributed by atoms with van der Waals surface area (Å²) in [4.78, 5) is 37.0. The standard InChI is InChI=1S/2C60H37N3S/c1-3-17-38(18-4-1)40-21-15-22-41(33-40)54-37-55(63-59(62-54)39-19-5-2-6-20-39)42-23-16-24-43(34-42)58-48-35-47-44-25-7-9-27-49(44)60(52(47)36-46(48)45-26-8-12-30-53(45)61-58)50-28-10-13-31-56(50)64-57-32-14-11-29-51(57)60;1-3-16-38(17-4-1)39-30-32-40(33-31-39)54-37-55(63-59(62-54)41-18-5-2-6-19-41)42-20-15-21-43(34-42)58-48-35-47-44-22-7-9-24-49(44)60(52(47)36-46(48)45-23-8-12-27-53(45)61-58)50-25-10-13-28-56(50)64-57-29-14-11-26-51(57)60/h2*1-37H. The molecule has 0 fully saturated rings. The van der Waals surface area contributed by atoms with Crippen molar-refractivity contribution < 1.29 is 0 Å². The number of rotatable bonds is 10. The molecule has 2 spiro atoms. The maximum atomic E-state index is 5.50. The predicted octanol–water partition coefficient (Wildman–Crippen LogP) is 30.7. The minimum Gasteiger partial charge on any atom is -0.247 e. The van der Waals surface area contributed by atoms with Gasteiger partial charge >= 0.3 is 0 Å². The maximum absolute atomic E-state index is 5.50. The third kappa shape index (κ3) is 12.2. The van der Waals surface area contributed by atoms with E-state index in [4.69, 9.17) is 29.9 Å². The van der Waals surface area contributed by atoms with Crippen molar-refractivity contribution in [3.63, 3.8) is 0 Å². The minimum absolute atomic E-state index is 0.466. The molecule has 0 bridgehead atoms. The molecule has 4 aliphatic rings. The lowest BCUT2D eigenvalue weighted by molar-refractivity contribution is 0.723. The zero-order valence-electron chi connectivity index (χ0n) is 69.2. The zero-order valence-corrected chi connectivity index (χ0v) is 70.9. The Labute approximate surface area is 749 Å². The topological polar surface area (TPSA) is 77.3 Å². The van der Waals surface area contributed by atoms with Gasteiger partial charge < -0.3 is 0 Å². The summed E-state index contributed by atoms with van der Waals surface area (Å²) < 4.78 is 0. The average Bonchev–Trinajstić information content (AvgIpc) is 1.51. The number of fused-ring (bicyclic) bond motifs is 24. The third-order valence-corrected chi connectivity index (χ3v) is 28.6. The van der Waals surface area contributed by atoms with Crippen molar-refractivity contribution in [3.8, 4) is 135 Å². The quantitative estimate of drug-likeness (QED) is 0.125. The van der Waals surface area contributed by atoms with Gasteiger partial charge in [0.1, 0.15) is 0 Å². The second-order valence-corrected chi connectivity index (χ2v) is 35.5. The fourth-order valence-corrected chi connectivity index (χ4v) is 22.9. The van der Waals surface area contributed by atoms with E-state index < -0.39 is 10.8 Å². The molecule has 0 saturated carbocycles. The fraction of sp³-hybridized carbons (Fsp3) is 0.0167. The van der Waals surface area contributed by atoms with Crippen LogP contribution in [0.3, 0.4) is 0 Å². The van der Waals surface area contributed by atoms with Crippen LogP contribution in [0.25, 0.3) is 178 Å². The normalized spacial score (nSPS) is 13.1. The van der Waals surface area contributed by atoms with E-state index in [1.165, 1.54) is 114 Å². The molecule has 22 aromatic rings. The molecule has 0 amide bonds. The zero-order chi connectivity index (χ0) is 84.4. The van der Waals surface area contributed by atoms with Gasteiger partial charge in [-0.05, 0) is 191 Å². The molecular weight excluding hydrogens is 1590 g/mol. The summed E-state index contributed by atoms with van der Waals surface area (Å²) in [5.41, 5.74) is 34.7. The van der Waals surface area contributed by atoms with Gasteiger partial charge in [-0.1, -0.05) is 381 Å². The Morgan fingerprint density at radius 2 is 0.445 bits per heavy atom. The van der Waals surface area contributed by atoms with Crippen LogP contribution in [0.5, 0.6) is 0 Å². The third-order valence-electron chi connectivity index (χ3n) is 26.3. The lowest BCUT2D eigenvalue weighted by atomic mass is 9.67. The molecule has 596 valence electrons. The van der Waals surface area contributed by atoms with E-state index >= 15 is 0 Å². The van der Waals surface area contributed by atoms with Gasteiger partial charge in [0.15, 0.2) is 11.6 Å². The first-order chi connectivity index (χ1) is 63.4. The van der Waals surface area contributed by atoms with E-state index in [1.807, 2.05) is 66.0 Å². The van der Waals surface area contributed by atoms with Crippen LogP contribution in [0.1, 0.15) is 44.5 Å². The maximum Gasteiger partial charge on any atom is 0.160 e. The van der Waals surface area contributed by atoms with Crippen LogP contribution in [-0.2, 0) is 10.8 Å². The van der Waals surface area contributed by atoms with Crippen molar-refractivity contribution >= 4 is 66.9 Å². The minimum atomic E-state index is -0.467. The van der Waals surface area contributed by atoms with Crippen molar-refractivity contribution in [1.82, 2.24) is 29.9 Å². The summed E-state index contributed by atoms with van der Waals surface area (Å²) in [6, 6.07) is 162. The lowest BCUT2D eigenvalue weighted by Gasteiger charge is -2.39. The summed E-state index contributed by atoms with van der Waals surface area (Å²) in [7, 11) is 0. The number of hydrogen-bond donors (Lipinski definition) is 0. The summed E-state index contributed by atoms with van der Waals surface area (Å²) >= 11 is 3.76. The van der Waals surface area contributed by atoms with E-state index in [1.54, 1.807) is 0 Å². The summed E-state index contributed by atoms with van der Waals surface area (Å²) in [5.74, 6) is 1.37. The molecule has 6 heterocycles. The van der Waals surface area contributed by atoms with E-state index in [-0.39, 0.29) is 0 Å². The Morgan fingerprint density at radius 1 is 0.156 bits per heavy atom. The Kier molecular flexibility index (Phi) is 17.8. The van der Waals surface area contributed by atoms with E-state index in [0.717, 1.165) is 117 Å². The highest BCUT2D eigenvalue weighted by atomic mass is 32.2. The SMILES string of the molecule is c1ccc(-c2ccc(-c3cc(-c4cccc(-c5nc6ccccc6c6cc7c(cc56)-c5ccccc5C75c6ccccc6Sc6ccccc65)c4)nc(-c4ccccc4)n3)cc2)cc1.c1ccc(-c2cccc(-c3cc(-c4cccc(-c5nc6ccccc6c6cc7c(cc56)-c5ccccc5C75c6ccccc6Sc6ccccc65)c4)nc(-c4ccccc4)n3)c2)cc1. The molecule has 2 aliphatic carbocycles. The largest absolute Gasteiger partial charge is 0.247 e. The summed E-state index contributed by atoms with van der Waals surface area (Å²) in [6.45, 7) is 0. The summed E-state index contributed by atoms with van der Waals surface area (Å²) in [5, 5.41) is 6.92. The Morgan fingerprint density at radius 3 is 0.852 bits per heavy atom. The molecule has 0 atom stereocenters. The van der Waals surface area contributed by atoms with Crippen molar-refractivity contribution in [2.45, 2.75) is 30.4 Å².